The normalized spacial score (nSPS) is 26.1. The van der Waals surface area contributed by atoms with Gasteiger partial charge in [0.25, 0.3) is 0 Å². The molecule has 0 spiro atoms. The molecule has 22 heavy (non-hydrogen) atoms. The van der Waals surface area contributed by atoms with Crippen LogP contribution in [0.1, 0.15) is 31.7 Å². The van der Waals surface area contributed by atoms with Gasteiger partial charge in [0, 0.05) is 24.7 Å². The highest BCUT2D eigenvalue weighted by atomic mass is 35.5. The Kier molecular flexibility index (Phi) is 5.42. The quantitative estimate of drug-likeness (QED) is 0.872. The van der Waals surface area contributed by atoms with E-state index in [0.29, 0.717) is 37.4 Å². The number of carboxylic acids is 1. The molecule has 1 aliphatic heterocycles. The number of hydrogen-bond acceptors (Lipinski definition) is 3. The second kappa shape index (κ2) is 6.94. The van der Waals surface area contributed by atoms with Gasteiger partial charge in [-0.2, -0.15) is 0 Å². The predicted molar refractivity (Wildman–Crippen MR) is 82.3 cm³/mol. The molecule has 1 saturated heterocycles. The monoisotopic (exact) mass is 329 g/mol. The second-order valence-electron chi connectivity index (χ2n) is 5.96. The van der Waals surface area contributed by atoms with Gasteiger partial charge in [0.15, 0.2) is 0 Å². The van der Waals surface area contributed by atoms with Gasteiger partial charge in [-0.3, -0.25) is 9.69 Å². The van der Waals surface area contributed by atoms with Crippen LogP contribution in [0.2, 0.25) is 5.02 Å². The number of piperidine rings is 1. The maximum Gasteiger partial charge on any atom is 0.313 e. The van der Waals surface area contributed by atoms with Crippen LogP contribution in [0.25, 0.3) is 0 Å². The van der Waals surface area contributed by atoms with Crippen molar-refractivity contribution in [3.63, 3.8) is 0 Å². The van der Waals surface area contributed by atoms with Crippen molar-refractivity contribution in [2.24, 2.45) is 5.41 Å². The van der Waals surface area contributed by atoms with Crippen LogP contribution < -0.4 is 0 Å². The third-order valence-electron chi connectivity index (χ3n) is 4.39. The number of aliphatic hydroxyl groups excluding tert-OH is 1. The summed E-state index contributed by atoms with van der Waals surface area (Å²) < 4.78 is 13.1. The summed E-state index contributed by atoms with van der Waals surface area (Å²) in [6.45, 7) is 3.22. The Hall–Kier alpha value is -1.17. The van der Waals surface area contributed by atoms with Crippen molar-refractivity contribution < 1.29 is 19.4 Å². The van der Waals surface area contributed by atoms with E-state index in [4.69, 9.17) is 11.6 Å². The van der Waals surface area contributed by atoms with Gasteiger partial charge in [-0.05, 0) is 30.5 Å². The molecule has 0 aliphatic carbocycles. The van der Waals surface area contributed by atoms with Gasteiger partial charge in [0.05, 0.1) is 6.10 Å². The van der Waals surface area contributed by atoms with Crippen LogP contribution >= 0.6 is 11.6 Å². The first-order valence-corrected chi connectivity index (χ1v) is 7.84. The van der Waals surface area contributed by atoms with Crippen molar-refractivity contribution in [2.75, 3.05) is 13.1 Å². The summed E-state index contributed by atoms with van der Waals surface area (Å²) in [6, 6.07) is 4.22. The molecule has 1 fully saturated rings. The number of nitrogens with zero attached hydrogens (tertiary/aromatic N) is 1. The summed E-state index contributed by atoms with van der Waals surface area (Å²) in [5.41, 5.74) is -0.380. The van der Waals surface area contributed by atoms with Crippen molar-refractivity contribution in [1.29, 1.82) is 0 Å². The van der Waals surface area contributed by atoms with E-state index in [1.165, 1.54) is 12.1 Å². The molecule has 1 heterocycles. The molecule has 122 valence electrons. The Morgan fingerprint density at radius 3 is 2.86 bits per heavy atom. The molecule has 2 atom stereocenters. The van der Waals surface area contributed by atoms with E-state index in [1.807, 2.05) is 11.8 Å². The molecule has 2 N–H and O–H groups in total. The van der Waals surface area contributed by atoms with Crippen LogP contribution in [0.5, 0.6) is 0 Å². The van der Waals surface area contributed by atoms with Crippen molar-refractivity contribution in [3.05, 3.63) is 34.6 Å². The van der Waals surface area contributed by atoms with Gasteiger partial charge in [-0.25, -0.2) is 4.39 Å². The Labute approximate surface area is 134 Å². The molecule has 4 nitrogen and oxygen atoms in total. The fourth-order valence-corrected chi connectivity index (χ4v) is 3.43. The molecule has 0 aromatic heterocycles. The fourth-order valence-electron chi connectivity index (χ4n) is 3.20. The summed E-state index contributed by atoms with van der Waals surface area (Å²) >= 11 is 6.04. The number of benzene rings is 1. The van der Waals surface area contributed by atoms with Gasteiger partial charge in [0.1, 0.15) is 11.2 Å². The van der Waals surface area contributed by atoms with E-state index in [1.54, 1.807) is 6.07 Å². The molecule has 0 radical (unpaired) electrons. The summed E-state index contributed by atoms with van der Waals surface area (Å²) in [7, 11) is 0. The van der Waals surface area contributed by atoms with Crippen LogP contribution in [0.3, 0.4) is 0 Å². The largest absolute Gasteiger partial charge is 0.481 e. The van der Waals surface area contributed by atoms with Crippen LogP contribution in [0, 0.1) is 11.2 Å². The smallest absolute Gasteiger partial charge is 0.313 e. The lowest BCUT2D eigenvalue weighted by Gasteiger charge is -2.43. The number of rotatable bonds is 5. The number of hydrogen-bond donors (Lipinski definition) is 2. The molecule has 2 rings (SSSR count). The molecule has 0 amide bonds. The molecule has 6 heteroatoms. The van der Waals surface area contributed by atoms with Gasteiger partial charge in [0.2, 0.25) is 0 Å². The lowest BCUT2D eigenvalue weighted by Crippen LogP contribution is -2.55. The van der Waals surface area contributed by atoms with Crippen molar-refractivity contribution in [2.45, 2.75) is 38.8 Å². The Morgan fingerprint density at radius 2 is 2.27 bits per heavy atom. The second-order valence-corrected chi connectivity index (χ2v) is 6.37. The third-order valence-corrected chi connectivity index (χ3v) is 4.75. The highest BCUT2D eigenvalue weighted by Gasteiger charge is 2.48. The lowest BCUT2D eigenvalue weighted by molar-refractivity contribution is -0.164. The Bertz CT molecular complexity index is 554. The minimum Gasteiger partial charge on any atom is -0.481 e. The third kappa shape index (κ3) is 3.42. The van der Waals surface area contributed by atoms with Crippen LogP contribution in [-0.4, -0.2) is 40.3 Å². The SMILES string of the molecule is CCC[C@@]1(C(=O)O)CN(Cc2ccc(F)cc2Cl)CC[C@H]1O. The van der Waals surface area contributed by atoms with Crippen molar-refractivity contribution in [3.8, 4) is 0 Å². The zero-order chi connectivity index (χ0) is 16.3. The van der Waals surface area contributed by atoms with E-state index >= 15 is 0 Å². The van der Waals surface area contributed by atoms with E-state index < -0.39 is 23.3 Å². The fraction of sp³-hybridized carbons (Fsp3) is 0.562. The summed E-state index contributed by atoms with van der Waals surface area (Å²) in [6.07, 6.45) is 0.682. The lowest BCUT2D eigenvalue weighted by atomic mass is 9.74. The zero-order valence-corrected chi connectivity index (χ0v) is 13.3. The number of aliphatic hydroxyl groups is 1. The first-order chi connectivity index (χ1) is 10.4. The molecule has 0 saturated carbocycles. The topological polar surface area (TPSA) is 60.8 Å². The minimum atomic E-state index is -1.14. The highest BCUT2D eigenvalue weighted by Crippen LogP contribution is 2.36. The van der Waals surface area contributed by atoms with Crippen LogP contribution in [-0.2, 0) is 11.3 Å². The van der Waals surface area contributed by atoms with Crippen molar-refractivity contribution in [1.82, 2.24) is 4.90 Å². The molecular weight excluding hydrogens is 309 g/mol. The first-order valence-electron chi connectivity index (χ1n) is 7.47. The average molecular weight is 330 g/mol. The molecule has 1 aliphatic rings. The van der Waals surface area contributed by atoms with Crippen LogP contribution in [0.4, 0.5) is 4.39 Å². The molecule has 0 bridgehead atoms. The summed E-state index contributed by atoms with van der Waals surface area (Å²) in [5, 5.41) is 20.2. The van der Waals surface area contributed by atoms with Gasteiger partial charge in [-0.15, -0.1) is 0 Å². The standard InChI is InChI=1S/C16H21ClFNO3/c1-2-6-16(15(21)22)10-19(7-5-14(16)20)9-11-3-4-12(18)8-13(11)17/h3-4,8,14,20H,2,5-7,9-10H2,1H3,(H,21,22)/t14-,16-/m1/s1. The maximum atomic E-state index is 13.1. The van der Waals surface area contributed by atoms with Crippen molar-refractivity contribution >= 4 is 17.6 Å². The zero-order valence-electron chi connectivity index (χ0n) is 12.6. The Balaban J connectivity index is 2.17. The number of carbonyl (C=O) groups is 1. The van der Waals surface area contributed by atoms with E-state index in [9.17, 15) is 19.4 Å². The van der Waals surface area contributed by atoms with Gasteiger partial charge < -0.3 is 10.2 Å². The van der Waals surface area contributed by atoms with Crippen LogP contribution in [0.15, 0.2) is 18.2 Å². The maximum absolute atomic E-state index is 13.1. The number of likely N-dealkylation sites (tertiary alicyclic amines) is 1. The number of halogens is 2. The number of carboxylic acid groups (broad SMARTS) is 1. The summed E-state index contributed by atoms with van der Waals surface area (Å²) in [5.74, 6) is -1.36. The number of aliphatic carboxylic acids is 1. The molecule has 1 aromatic rings. The molecular formula is C16H21ClFNO3. The van der Waals surface area contributed by atoms with E-state index in [-0.39, 0.29) is 6.54 Å². The summed E-state index contributed by atoms with van der Waals surface area (Å²) in [4.78, 5) is 13.7. The van der Waals surface area contributed by atoms with Gasteiger partial charge in [-0.1, -0.05) is 31.0 Å². The first kappa shape index (κ1) is 17.2. The van der Waals surface area contributed by atoms with Gasteiger partial charge >= 0.3 is 5.97 Å². The highest BCUT2D eigenvalue weighted by molar-refractivity contribution is 6.31. The van der Waals surface area contributed by atoms with E-state index in [2.05, 4.69) is 0 Å². The minimum absolute atomic E-state index is 0.269. The Morgan fingerprint density at radius 1 is 1.55 bits per heavy atom. The average Bonchev–Trinajstić information content (AvgIpc) is 2.45. The molecule has 1 aromatic carbocycles. The predicted octanol–water partition coefficient (Wildman–Crippen LogP) is 2.92. The molecule has 0 unspecified atom stereocenters. The van der Waals surface area contributed by atoms with E-state index in [0.717, 1.165) is 5.56 Å².